The summed E-state index contributed by atoms with van der Waals surface area (Å²) in [6.45, 7) is 4.00. The summed E-state index contributed by atoms with van der Waals surface area (Å²) in [5.41, 5.74) is 2.72. The number of nitriles is 2. The van der Waals surface area contributed by atoms with Crippen LogP contribution in [0.25, 0.3) is 16.7 Å². The van der Waals surface area contributed by atoms with Crippen molar-refractivity contribution in [3.8, 4) is 29.5 Å². The van der Waals surface area contributed by atoms with Crippen LogP contribution in [-0.4, -0.2) is 187 Å². The number of methoxy groups -OCH3 is 1. The van der Waals surface area contributed by atoms with Crippen molar-refractivity contribution in [2.24, 2.45) is 40.9 Å². The first-order valence-electron chi connectivity index (χ1n) is 31.7. The quantitative estimate of drug-likeness (QED) is 0.00798. The Morgan fingerprint density at radius 3 is 1.58 bits per heavy atom. The molecule has 0 spiro atoms. The second kappa shape index (κ2) is 42.3. The molecule has 6 aromatic carbocycles. The minimum atomic E-state index is -4.74. The summed E-state index contributed by atoms with van der Waals surface area (Å²) < 4.78 is 256. The van der Waals surface area contributed by atoms with Gasteiger partial charge >= 0.3 is 31.8 Å². The molecule has 45 nitrogen and oxygen atoms in total. The number of imidazole rings is 1. The van der Waals surface area contributed by atoms with Crippen molar-refractivity contribution < 1.29 is 117 Å². The average Bonchev–Trinajstić information content (AvgIpc) is 1.58. The highest BCUT2D eigenvalue weighted by atomic mass is 32.2. The van der Waals surface area contributed by atoms with Gasteiger partial charge in [-0.2, -0.15) is 77.8 Å². The van der Waals surface area contributed by atoms with E-state index in [2.05, 4.69) is 88.9 Å². The Labute approximate surface area is 671 Å². The van der Waals surface area contributed by atoms with Gasteiger partial charge in [0.1, 0.15) is 52.0 Å². The highest BCUT2D eigenvalue weighted by Crippen LogP contribution is 2.46. The van der Waals surface area contributed by atoms with Crippen LogP contribution in [0.2, 0.25) is 0 Å². The van der Waals surface area contributed by atoms with E-state index in [1.165, 1.54) is 54.8 Å². The number of azo groups is 4. The molecule has 9 aromatic rings. The van der Waals surface area contributed by atoms with E-state index in [0.717, 1.165) is 35.7 Å². The van der Waals surface area contributed by atoms with E-state index < -0.39 is 123 Å². The molecule has 0 aliphatic rings. The fraction of sp³-hybridized carbons (Fsp3) is 0.246. The van der Waals surface area contributed by atoms with Crippen molar-refractivity contribution in [1.82, 2.24) is 24.3 Å². The zero-order valence-electron chi connectivity index (χ0n) is 59.6. The van der Waals surface area contributed by atoms with Crippen LogP contribution in [0.5, 0.6) is 17.4 Å². The third kappa shape index (κ3) is 30.7. The van der Waals surface area contributed by atoms with E-state index >= 15 is 0 Å². The van der Waals surface area contributed by atoms with Crippen LogP contribution in [0.15, 0.2) is 159 Å². The summed E-state index contributed by atoms with van der Waals surface area (Å²) in [7, 11) is -30.5. The molecule has 9 rings (SSSR count). The molecule has 116 heavy (non-hydrogen) atoms. The molecule has 0 fully saturated rings. The Hall–Kier alpha value is -11.4. The molecule has 0 aliphatic carbocycles. The Bertz CT molecular complexity index is 6350. The van der Waals surface area contributed by atoms with Crippen LogP contribution in [0.4, 0.5) is 74.7 Å². The number of benzene rings is 6. The molecule has 9 N–H and O–H groups in total. The van der Waals surface area contributed by atoms with Gasteiger partial charge in [0.05, 0.1) is 81.0 Å². The lowest BCUT2D eigenvalue weighted by molar-refractivity contribution is 0.317. The van der Waals surface area contributed by atoms with Crippen LogP contribution in [0.3, 0.4) is 0 Å². The molecule has 0 saturated heterocycles. The molecular weight excluding hydrogens is 1740 g/mol. The lowest BCUT2D eigenvalue weighted by Gasteiger charge is -2.15. The fourth-order valence-corrected chi connectivity index (χ4v) is 14.1. The summed E-state index contributed by atoms with van der Waals surface area (Å²) in [4.78, 5) is 17.8. The molecule has 3 heterocycles. The first-order chi connectivity index (χ1) is 54.3. The van der Waals surface area contributed by atoms with Gasteiger partial charge in [0.15, 0.2) is 11.3 Å². The van der Waals surface area contributed by atoms with Crippen molar-refractivity contribution in [3.05, 3.63) is 131 Å². The Balaban J connectivity index is 0.00000163. The zero-order chi connectivity index (χ0) is 86.0. The van der Waals surface area contributed by atoms with Gasteiger partial charge in [0, 0.05) is 39.7 Å². The number of ether oxygens (including phenoxy) is 2. The number of aromatic nitrogens is 5. The van der Waals surface area contributed by atoms with E-state index in [0.29, 0.717) is 38.5 Å². The summed E-state index contributed by atoms with van der Waals surface area (Å²) in [6, 6.07) is 29.2. The van der Waals surface area contributed by atoms with Gasteiger partial charge in [-0.25, -0.2) is 4.98 Å². The number of hydrogen-bond acceptors (Lipinski definition) is 41. The van der Waals surface area contributed by atoms with E-state index in [4.69, 9.17) is 47.4 Å². The molecule has 0 bridgehead atoms. The topological polar surface area (TPSA) is 703 Å². The second-order valence-electron chi connectivity index (χ2n) is 22.7. The third-order valence-corrected chi connectivity index (χ3v) is 20.6. The normalized spacial score (nSPS) is 11.8. The summed E-state index contributed by atoms with van der Waals surface area (Å²) in [6.07, 6.45) is -0.375. The van der Waals surface area contributed by atoms with Gasteiger partial charge in [0.25, 0.3) is 50.6 Å². The zero-order valence-corrected chi connectivity index (χ0v) is 67.8. The number of nitrogens with one attached hydrogen (secondary N) is 3. The number of anilines is 5. The highest BCUT2D eigenvalue weighted by Gasteiger charge is 2.24. The molecular formula is C61H60N18O27S10. The van der Waals surface area contributed by atoms with E-state index in [1.807, 2.05) is 0 Å². The van der Waals surface area contributed by atoms with Crippen LogP contribution in [0.1, 0.15) is 47.1 Å². The number of fused-ring (bicyclic) bond motifs is 3. The number of thioether (sulfide) groups is 2. The van der Waals surface area contributed by atoms with Crippen molar-refractivity contribution >= 4 is 197 Å². The predicted octanol–water partition coefficient (Wildman–Crippen LogP) is 10.1. The number of rotatable bonds is 33. The second-order valence-corrected chi connectivity index (χ2v) is 33.9. The number of aromatic hydroxyl groups is 1. The molecule has 0 saturated carbocycles. The smallest absolute Gasteiger partial charge is 0.425 e. The molecule has 0 radical (unpaired) electrons. The third-order valence-electron chi connectivity index (χ3n) is 14.4. The molecule has 0 unspecified atom stereocenters. The van der Waals surface area contributed by atoms with Gasteiger partial charge in [-0.15, -0.1) is 92.1 Å². The number of nitrogens with zero attached hydrogens (tertiary/aromatic N) is 15. The maximum absolute atomic E-state index is 12.2. The highest BCUT2D eigenvalue weighted by molar-refractivity contribution is 7.99. The standard InChI is InChI=1S/C61H60N18O18S7.3O3S/c1-35-25-49(75-78-56-37(3)42(34-63)57-66-48-28-40(96-4)15-16-52(48)79(57)58(56)80)53(97-18-8-21-100(81,82)83)30-44(35)72-77-51-29-46(67-61-69-59(64-17-24-103(90,91)92)68-60(70-61)65-39-12-7-13-41(27-39)104(93,94)95)47(32-55(51)99-20-10-23-102(87,88)89)74-76-50-26-36(2)45(31-54(50)98-19-9-22-101(84,85)86)73-71-43-14-6-5-11-38(43)33-62;3*1-4(2)3/h5-7,11-16,25-32,80H,8-10,17-24H2,1-4H3,(H,81,82,83)(H,84,85,86)(H,87,88,89)(H,90,91,92)(H,93,94,95)(H3,64,65,67,68,69,70);;;. The Kier molecular flexibility index (Phi) is 34.0. The van der Waals surface area contributed by atoms with Crippen molar-refractivity contribution in [1.29, 1.82) is 10.5 Å². The minimum Gasteiger partial charge on any atom is -0.497 e. The molecule has 0 aliphatic heterocycles. The van der Waals surface area contributed by atoms with Crippen molar-refractivity contribution in [3.63, 3.8) is 0 Å². The summed E-state index contributed by atoms with van der Waals surface area (Å²) in [5, 5.41) is 76.5. The molecule has 3 aromatic heterocycles. The molecule has 0 atom stereocenters. The molecule has 616 valence electrons. The van der Waals surface area contributed by atoms with Crippen LogP contribution in [-0.2, 0) is 82.4 Å². The SMILES string of the molecule is COc1ccc2c(c1)nc1c(C#N)c(C)c(N=Nc3cc(C)c(N=Nc4cc(Nc5nc(NCCS(=O)(=O)O)nc(Nc6cccc(S(=O)(=O)O)c6)n5)c(N=Nc5cc(C)c(N=Nc6ccccc6C#N)cc5SCCCS(=O)(=O)O)cc4SCCCS(=O)(=O)O)cc3OCCCS(=O)(=O)O)c(O)n12.O=S(=O)=O.O=S(=O)=O.O=S(=O)=O. The van der Waals surface area contributed by atoms with E-state index in [1.54, 1.807) is 68.4 Å². The van der Waals surface area contributed by atoms with E-state index in [9.17, 15) is 80.5 Å². The monoisotopic (exact) mass is 1800 g/mol. The molecule has 0 amide bonds. The van der Waals surface area contributed by atoms with Crippen LogP contribution >= 0.6 is 23.5 Å². The van der Waals surface area contributed by atoms with Gasteiger partial charge in [-0.1, -0.05) is 18.2 Å². The number of pyridine rings is 1. The van der Waals surface area contributed by atoms with Crippen LogP contribution < -0.4 is 25.4 Å². The average molecular weight is 1800 g/mol. The largest absolute Gasteiger partial charge is 0.497 e. The Morgan fingerprint density at radius 2 is 1.02 bits per heavy atom. The Morgan fingerprint density at radius 1 is 0.517 bits per heavy atom. The maximum atomic E-state index is 12.2. The minimum absolute atomic E-state index is 0.00610. The van der Waals surface area contributed by atoms with Crippen molar-refractivity contribution in [2.45, 2.75) is 54.7 Å². The van der Waals surface area contributed by atoms with Gasteiger partial charge in [-0.3, -0.25) is 27.2 Å². The number of hydrogen-bond donors (Lipinski definition) is 9. The maximum Gasteiger partial charge on any atom is 0.425 e. The first-order valence-corrected chi connectivity index (χ1v) is 44.6. The van der Waals surface area contributed by atoms with Crippen LogP contribution in [0, 0.1) is 43.4 Å². The van der Waals surface area contributed by atoms with Crippen molar-refractivity contribution in [2.75, 3.05) is 70.7 Å². The van der Waals surface area contributed by atoms with Gasteiger partial charge in [0.2, 0.25) is 23.7 Å². The lowest BCUT2D eigenvalue weighted by atomic mass is 10.1. The van der Waals surface area contributed by atoms with E-state index in [-0.39, 0.29) is 139 Å². The molecule has 55 heteroatoms. The first kappa shape index (κ1) is 93.4. The number of aryl methyl sites for hydroxylation is 2. The summed E-state index contributed by atoms with van der Waals surface area (Å²) in [5.74, 6) is -3.79. The lowest BCUT2D eigenvalue weighted by Crippen LogP contribution is -2.17. The van der Waals surface area contributed by atoms with Gasteiger partial charge in [-0.05, 0) is 135 Å². The fourth-order valence-electron chi connectivity index (χ4n) is 9.44. The predicted molar refractivity (Wildman–Crippen MR) is 414 cm³/mol. The summed E-state index contributed by atoms with van der Waals surface area (Å²) >= 11 is 2.13. The van der Waals surface area contributed by atoms with Gasteiger partial charge < -0.3 is 30.5 Å².